The molecule has 0 aliphatic heterocycles. The van der Waals surface area contributed by atoms with E-state index in [9.17, 15) is 4.79 Å². The normalized spacial score (nSPS) is 13.6. The van der Waals surface area contributed by atoms with Crippen LogP contribution in [0.3, 0.4) is 0 Å². The van der Waals surface area contributed by atoms with Gasteiger partial charge < -0.3 is 5.11 Å². The van der Waals surface area contributed by atoms with Crippen molar-refractivity contribution in [2.24, 2.45) is 0 Å². The third kappa shape index (κ3) is 1.57. The van der Waals surface area contributed by atoms with Crippen LogP contribution < -0.4 is 0 Å². The second kappa shape index (κ2) is 3.65. The number of aromatic carboxylic acids is 1. The van der Waals surface area contributed by atoms with Gasteiger partial charge >= 0.3 is 5.97 Å². The predicted molar refractivity (Wildman–Crippen MR) is 58.1 cm³/mol. The van der Waals surface area contributed by atoms with E-state index < -0.39 is 5.97 Å². The summed E-state index contributed by atoms with van der Waals surface area (Å²) in [6.07, 6.45) is 7.44. The molecule has 0 radical (unpaired) electrons. The predicted octanol–water partition coefficient (Wildman–Crippen LogP) is 0.849. The van der Waals surface area contributed by atoms with Crippen molar-refractivity contribution in [1.29, 1.82) is 0 Å². The van der Waals surface area contributed by atoms with Gasteiger partial charge in [-0.1, -0.05) is 0 Å². The van der Waals surface area contributed by atoms with E-state index in [-0.39, 0.29) is 5.69 Å². The van der Waals surface area contributed by atoms with Crippen molar-refractivity contribution in [3.05, 3.63) is 35.8 Å². The molecule has 6 nitrogen and oxygen atoms in total. The molecule has 0 fully saturated rings. The van der Waals surface area contributed by atoms with Crippen LogP contribution in [0.5, 0.6) is 0 Å². The van der Waals surface area contributed by atoms with Gasteiger partial charge in [0.15, 0.2) is 5.69 Å². The van der Waals surface area contributed by atoms with Crippen molar-refractivity contribution in [3.63, 3.8) is 0 Å². The minimum absolute atomic E-state index is 0.0235. The van der Waals surface area contributed by atoms with E-state index in [0.29, 0.717) is 0 Å². The molecule has 0 atom stereocenters. The standard InChI is InChI=1S/C11H10N4O2/c16-11(17)9-4-15(6-14-9)10-7-2-1-3-8(7)12-5-13-10/h4-6H,1-3H2,(H,16,17). The molecule has 2 aromatic heterocycles. The van der Waals surface area contributed by atoms with Crippen molar-refractivity contribution in [2.75, 3.05) is 0 Å². The van der Waals surface area contributed by atoms with Gasteiger partial charge in [-0.05, 0) is 19.3 Å². The molecule has 0 bridgehead atoms. The number of hydrogen-bond donors (Lipinski definition) is 1. The van der Waals surface area contributed by atoms with Gasteiger partial charge in [0.2, 0.25) is 0 Å². The number of hydrogen-bond acceptors (Lipinski definition) is 4. The Balaban J connectivity index is 2.09. The summed E-state index contributed by atoms with van der Waals surface area (Å²) in [6, 6.07) is 0. The lowest BCUT2D eigenvalue weighted by Crippen LogP contribution is -2.02. The molecule has 6 heteroatoms. The monoisotopic (exact) mass is 230 g/mol. The van der Waals surface area contributed by atoms with Crippen molar-refractivity contribution >= 4 is 5.97 Å². The van der Waals surface area contributed by atoms with Gasteiger partial charge in [0.25, 0.3) is 0 Å². The zero-order valence-corrected chi connectivity index (χ0v) is 9.00. The largest absolute Gasteiger partial charge is 0.476 e. The molecular formula is C11H10N4O2. The van der Waals surface area contributed by atoms with Crippen molar-refractivity contribution < 1.29 is 9.90 Å². The molecule has 0 saturated carbocycles. The molecule has 0 aromatic carbocycles. The molecule has 0 saturated heterocycles. The smallest absolute Gasteiger partial charge is 0.356 e. The van der Waals surface area contributed by atoms with Gasteiger partial charge in [0.05, 0.1) is 0 Å². The van der Waals surface area contributed by atoms with Gasteiger partial charge in [0, 0.05) is 17.5 Å². The van der Waals surface area contributed by atoms with Crippen LogP contribution in [0.1, 0.15) is 28.2 Å². The number of aryl methyl sites for hydroxylation is 1. The molecule has 0 spiro atoms. The number of aromatic nitrogens is 4. The number of rotatable bonds is 2. The Morgan fingerprint density at radius 3 is 2.94 bits per heavy atom. The maximum absolute atomic E-state index is 10.8. The summed E-state index contributed by atoms with van der Waals surface area (Å²) in [4.78, 5) is 23.0. The molecule has 1 N–H and O–H groups in total. The second-order valence-electron chi connectivity index (χ2n) is 3.95. The highest BCUT2D eigenvalue weighted by Gasteiger charge is 2.18. The van der Waals surface area contributed by atoms with Gasteiger partial charge in [-0.2, -0.15) is 0 Å². The minimum Gasteiger partial charge on any atom is -0.476 e. The van der Waals surface area contributed by atoms with Gasteiger partial charge in [-0.3, -0.25) is 4.57 Å². The molecule has 0 unspecified atom stereocenters. The highest BCUT2D eigenvalue weighted by Crippen LogP contribution is 2.24. The van der Waals surface area contributed by atoms with Gasteiger partial charge in [0.1, 0.15) is 18.5 Å². The molecule has 3 rings (SSSR count). The number of carboxylic acid groups (broad SMARTS) is 1. The van der Waals surface area contributed by atoms with Crippen molar-refractivity contribution in [3.8, 4) is 5.82 Å². The number of fused-ring (bicyclic) bond motifs is 1. The van der Waals surface area contributed by atoms with Gasteiger partial charge in [-0.25, -0.2) is 19.7 Å². The summed E-state index contributed by atoms with van der Waals surface area (Å²) in [5, 5.41) is 8.83. The molecule has 86 valence electrons. The Morgan fingerprint density at radius 1 is 1.29 bits per heavy atom. The fourth-order valence-electron chi connectivity index (χ4n) is 2.11. The third-order valence-electron chi connectivity index (χ3n) is 2.90. The average molecular weight is 230 g/mol. The zero-order valence-electron chi connectivity index (χ0n) is 9.00. The van der Waals surface area contributed by atoms with Crippen LogP contribution in [0.4, 0.5) is 0 Å². The first kappa shape index (κ1) is 9.95. The summed E-state index contributed by atoms with van der Waals surface area (Å²) in [5.41, 5.74) is 2.18. The molecule has 2 aromatic rings. The van der Waals surface area contributed by atoms with Crippen LogP contribution in [-0.2, 0) is 12.8 Å². The van der Waals surface area contributed by atoms with Crippen molar-refractivity contribution in [2.45, 2.75) is 19.3 Å². The fourth-order valence-corrected chi connectivity index (χ4v) is 2.11. The molecule has 2 heterocycles. The molecular weight excluding hydrogens is 220 g/mol. The third-order valence-corrected chi connectivity index (χ3v) is 2.90. The highest BCUT2D eigenvalue weighted by molar-refractivity contribution is 5.85. The topological polar surface area (TPSA) is 80.9 Å². The average Bonchev–Trinajstić information content (AvgIpc) is 2.97. The first-order chi connectivity index (χ1) is 8.25. The Labute approximate surface area is 97.0 Å². The molecule has 1 aliphatic rings. The number of carboxylic acids is 1. The summed E-state index contributed by atoms with van der Waals surface area (Å²) in [7, 11) is 0. The maximum Gasteiger partial charge on any atom is 0.356 e. The molecule has 17 heavy (non-hydrogen) atoms. The lowest BCUT2D eigenvalue weighted by Gasteiger charge is -2.05. The van der Waals surface area contributed by atoms with Crippen LogP contribution >= 0.6 is 0 Å². The minimum atomic E-state index is -1.03. The van der Waals surface area contributed by atoms with Gasteiger partial charge in [-0.15, -0.1) is 0 Å². The maximum atomic E-state index is 10.8. The second-order valence-corrected chi connectivity index (χ2v) is 3.95. The van der Waals surface area contributed by atoms with E-state index in [1.807, 2.05) is 0 Å². The van der Waals surface area contributed by atoms with Crippen LogP contribution in [0.15, 0.2) is 18.9 Å². The van der Waals surface area contributed by atoms with Crippen LogP contribution in [0, 0.1) is 0 Å². The van der Waals surface area contributed by atoms with E-state index in [1.54, 1.807) is 4.57 Å². The quantitative estimate of drug-likeness (QED) is 0.827. The summed E-state index contributed by atoms with van der Waals surface area (Å²) < 4.78 is 1.65. The first-order valence-corrected chi connectivity index (χ1v) is 5.36. The lowest BCUT2D eigenvalue weighted by atomic mass is 10.2. The fraction of sp³-hybridized carbons (Fsp3) is 0.273. The Hall–Kier alpha value is -2.24. The van der Waals surface area contributed by atoms with Crippen LogP contribution in [0.2, 0.25) is 0 Å². The lowest BCUT2D eigenvalue weighted by molar-refractivity contribution is 0.0691. The summed E-state index contributed by atoms with van der Waals surface area (Å²) in [5.74, 6) is -0.290. The van der Waals surface area contributed by atoms with Crippen LogP contribution in [-0.4, -0.2) is 30.6 Å². The van der Waals surface area contributed by atoms with E-state index in [4.69, 9.17) is 5.11 Å². The zero-order chi connectivity index (χ0) is 11.8. The summed E-state index contributed by atoms with van der Waals surface area (Å²) >= 11 is 0. The highest BCUT2D eigenvalue weighted by atomic mass is 16.4. The first-order valence-electron chi connectivity index (χ1n) is 5.36. The Bertz CT molecular complexity index is 591. The Morgan fingerprint density at radius 2 is 2.18 bits per heavy atom. The SMILES string of the molecule is O=C(O)c1cn(-c2ncnc3c2CCC3)cn1. The molecule has 1 aliphatic carbocycles. The number of imidazole rings is 1. The van der Waals surface area contributed by atoms with E-state index in [0.717, 1.165) is 36.3 Å². The molecule has 0 amide bonds. The number of carbonyl (C=O) groups is 1. The van der Waals surface area contributed by atoms with E-state index in [1.165, 1.54) is 18.9 Å². The van der Waals surface area contributed by atoms with Crippen LogP contribution in [0.25, 0.3) is 5.82 Å². The van der Waals surface area contributed by atoms with Crippen molar-refractivity contribution in [1.82, 2.24) is 19.5 Å². The van der Waals surface area contributed by atoms with E-state index >= 15 is 0 Å². The Kier molecular flexibility index (Phi) is 2.14. The number of nitrogens with zero attached hydrogens (tertiary/aromatic N) is 4. The van der Waals surface area contributed by atoms with E-state index in [2.05, 4.69) is 15.0 Å². The summed E-state index contributed by atoms with van der Waals surface area (Å²) in [6.45, 7) is 0.